The van der Waals surface area contributed by atoms with Gasteiger partial charge in [0, 0.05) is 33.7 Å². The van der Waals surface area contributed by atoms with Crippen molar-refractivity contribution in [3.8, 4) is 5.69 Å². The number of halogens is 2. The van der Waals surface area contributed by atoms with Gasteiger partial charge in [-0.05, 0) is 50.1 Å². The van der Waals surface area contributed by atoms with Gasteiger partial charge in [-0.2, -0.15) is 0 Å². The molecule has 0 aliphatic rings. The zero-order valence-electron chi connectivity index (χ0n) is 18.6. The lowest BCUT2D eigenvalue weighted by molar-refractivity contribution is 0.0948. The van der Waals surface area contributed by atoms with Crippen LogP contribution in [0, 0.1) is 13.8 Å². The normalized spacial score (nSPS) is 10.9. The van der Waals surface area contributed by atoms with Gasteiger partial charge in [0.05, 0.1) is 11.4 Å². The van der Waals surface area contributed by atoms with Crippen LogP contribution in [0.5, 0.6) is 0 Å². The SMILES string of the molecule is Cc1cc(C)nc(SCc2c(C(=O)NCCc3ccccc3)nnn2-c2cc(Cl)cc(Cl)c2)n1. The number of benzene rings is 2. The molecule has 0 aliphatic carbocycles. The van der Waals surface area contributed by atoms with Crippen LogP contribution >= 0.6 is 35.0 Å². The van der Waals surface area contributed by atoms with Crippen molar-refractivity contribution in [2.45, 2.75) is 31.2 Å². The molecule has 0 fully saturated rings. The molecule has 0 bridgehead atoms. The molecule has 0 spiro atoms. The maximum absolute atomic E-state index is 13.0. The van der Waals surface area contributed by atoms with Crippen molar-refractivity contribution >= 4 is 40.9 Å². The highest BCUT2D eigenvalue weighted by Crippen LogP contribution is 2.26. The number of hydrogen-bond acceptors (Lipinski definition) is 6. The fourth-order valence-electron chi connectivity index (χ4n) is 3.42. The van der Waals surface area contributed by atoms with Crippen molar-refractivity contribution in [2.75, 3.05) is 6.54 Å². The third-order valence-corrected chi connectivity index (χ3v) is 6.21. The Morgan fingerprint density at radius 2 is 1.68 bits per heavy atom. The maximum Gasteiger partial charge on any atom is 0.273 e. The van der Waals surface area contributed by atoms with Gasteiger partial charge in [-0.15, -0.1) is 5.10 Å². The predicted molar refractivity (Wildman–Crippen MR) is 135 cm³/mol. The highest BCUT2D eigenvalue weighted by Gasteiger charge is 2.22. The summed E-state index contributed by atoms with van der Waals surface area (Å²) >= 11 is 13.8. The molecule has 0 aliphatic heterocycles. The Labute approximate surface area is 211 Å². The molecule has 1 N–H and O–H groups in total. The predicted octanol–water partition coefficient (Wildman–Crippen LogP) is 5.25. The average Bonchev–Trinajstić information content (AvgIpc) is 3.21. The molecule has 174 valence electrons. The minimum atomic E-state index is -0.299. The summed E-state index contributed by atoms with van der Waals surface area (Å²) in [6, 6.07) is 17.0. The summed E-state index contributed by atoms with van der Waals surface area (Å²) < 4.78 is 1.58. The first-order chi connectivity index (χ1) is 16.4. The topological polar surface area (TPSA) is 85.6 Å². The Morgan fingerprint density at radius 1 is 1.00 bits per heavy atom. The van der Waals surface area contributed by atoms with E-state index in [0.717, 1.165) is 17.0 Å². The standard InChI is InChI=1S/C24H22Cl2N6OS/c1-15-10-16(2)29-24(28-15)34-14-21-22(23(33)27-9-8-17-6-4-3-5-7-17)30-31-32(21)20-12-18(25)11-19(26)13-20/h3-7,10-13H,8-9,14H2,1-2H3,(H,27,33). The smallest absolute Gasteiger partial charge is 0.273 e. The van der Waals surface area contributed by atoms with Crippen LogP contribution in [-0.2, 0) is 12.2 Å². The molecule has 4 rings (SSSR count). The Hall–Kier alpha value is -2.94. The van der Waals surface area contributed by atoms with Crippen LogP contribution in [0.25, 0.3) is 5.69 Å². The van der Waals surface area contributed by atoms with E-state index >= 15 is 0 Å². The summed E-state index contributed by atoms with van der Waals surface area (Å²) in [7, 11) is 0. The fourth-order valence-corrected chi connectivity index (χ4v) is 4.87. The number of amides is 1. The van der Waals surface area contributed by atoms with E-state index in [4.69, 9.17) is 23.2 Å². The van der Waals surface area contributed by atoms with Crippen molar-refractivity contribution < 1.29 is 4.79 Å². The lowest BCUT2D eigenvalue weighted by Gasteiger charge is -2.10. The van der Waals surface area contributed by atoms with Crippen molar-refractivity contribution in [1.82, 2.24) is 30.3 Å². The van der Waals surface area contributed by atoms with Gasteiger partial charge in [0.1, 0.15) is 0 Å². The fraction of sp³-hybridized carbons (Fsp3) is 0.208. The van der Waals surface area contributed by atoms with Crippen LogP contribution < -0.4 is 5.32 Å². The van der Waals surface area contributed by atoms with Gasteiger partial charge in [0.25, 0.3) is 5.91 Å². The summed E-state index contributed by atoms with van der Waals surface area (Å²) in [4.78, 5) is 22.0. The first-order valence-electron chi connectivity index (χ1n) is 10.6. The molecule has 0 atom stereocenters. The zero-order chi connectivity index (χ0) is 24.1. The highest BCUT2D eigenvalue weighted by atomic mass is 35.5. The van der Waals surface area contributed by atoms with Crippen LogP contribution in [0.2, 0.25) is 10.0 Å². The van der Waals surface area contributed by atoms with E-state index in [-0.39, 0.29) is 11.6 Å². The Bertz CT molecular complexity index is 1270. The minimum absolute atomic E-state index is 0.237. The molecule has 4 aromatic rings. The molecule has 10 heteroatoms. The zero-order valence-corrected chi connectivity index (χ0v) is 21.0. The number of nitrogens with one attached hydrogen (secondary N) is 1. The largest absolute Gasteiger partial charge is 0.350 e. The van der Waals surface area contributed by atoms with E-state index in [9.17, 15) is 4.79 Å². The first kappa shape index (κ1) is 24.2. The van der Waals surface area contributed by atoms with E-state index in [1.54, 1.807) is 22.9 Å². The van der Waals surface area contributed by atoms with E-state index in [1.807, 2.05) is 50.2 Å². The number of nitrogens with zero attached hydrogens (tertiary/aromatic N) is 5. The number of carbonyl (C=O) groups is 1. The van der Waals surface area contributed by atoms with E-state index in [1.165, 1.54) is 11.8 Å². The minimum Gasteiger partial charge on any atom is -0.350 e. The van der Waals surface area contributed by atoms with Crippen molar-refractivity contribution in [1.29, 1.82) is 0 Å². The molecular weight excluding hydrogens is 491 g/mol. The number of carbonyl (C=O) groups excluding carboxylic acids is 1. The molecule has 2 heterocycles. The van der Waals surface area contributed by atoms with Gasteiger partial charge >= 0.3 is 0 Å². The molecule has 2 aromatic heterocycles. The molecule has 0 unspecified atom stereocenters. The Morgan fingerprint density at radius 3 is 2.35 bits per heavy atom. The lowest BCUT2D eigenvalue weighted by atomic mass is 10.1. The summed E-state index contributed by atoms with van der Waals surface area (Å²) in [6.07, 6.45) is 0.713. The molecule has 7 nitrogen and oxygen atoms in total. The number of rotatable bonds is 8. The summed E-state index contributed by atoms with van der Waals surface area (Å²) in [6.45, 7) is 4.32. The third kappa shape index (κ3) is 6.14. The number of aryl methyl sites for hydroxylation is 2. The first-order valence-corrected chi connectivity index (χ1v) is 12.3. The second kappa shape index (κ2) is 11.0. The van der Waals surface area contributed by atoms with E-state index in [2.05, 4.69) is 25.6 Å². The number of thioether (sulfide) groups is 1. The van der Waals surface area contributed by atoms with Crippen molar-refractivity contribution in [3.05, 3.63) is 93.0 Å². The van der Waals surface area contributed by atoms with Crippen LogP contribution in [0.4, 0.5) is 0 Å². The maximum atomic E-state index is 13.0. The van der Waals surface area contributed by atoms with E-state index < -0.39 is 0 Å². The second-order valence-corrected chi connectivity index (χ2v) is 9.45. The summed E-state index contributed by atoms with van der Waals surface area (Å²) in [5.74, 6) is 0.0776. The quantitative estimate of drug-likeness (QED) is 0.256. The van der Waals surface area contributed by atoms with Crippen molar-refractivity contribution in [2.24, 2.45) is 0 Å². The van der Waals surface area contributed by atoms with Crippen LogP contribution in [0.1, 0.15) is 33.1 Å². The van der Waals surface area contributed by atoms with Gasteiger partial charge in [-0.3, -0.25) is 4.79 Å². The van der Waals surface area contributed by atoms with Gasteiger partial charge in [0.2, 0.25) is 0 Å². The molecule has 1 amide bonds. The van der Waals surface area contributed by atoms with Gasteiger partial charge in [-0.1, -0.05) is 70.5 Å². The molecule has 34 heavy (non-hydrogen) atoms. The molecule has 0 radical (unpaired) electrons. The summed E-state index contributed by atoms with van der Waals surface area (Å²) in [5.41, 5.74) is 4.35. The van der Waals surface area contributed by atoms with E-state index in [0.29, 0.717) is 45.3 Å². The van der Waals surface area contributed by atoms with Gasteiger partial charge in [-0.25, -0.2) is 14.6 Å². The third-order valence-electron chi connectivity index (χ3n) is 4.91. The monoisotopic (exact) mass is 512 g/mol. The Kier molecular flexibility index (Phi) is 7.82. The van der Waals surface area contributed by atoms with Crippen molar-refractivity contribution in [3.63, 3.8) is 0 Å². The van der Waals surface area contributed by atoms with Crippen LogP contribution in [0.3, 0.4) is 0 Å². The lowest BCUT2D eigenvalue weighted by Crippen LogP contribution is -2.27. The average molecular weight is 513 g/mol. The molecular formula is C24H22Cl2N6OS. The van der Waals surface area contributed by atoms with Gasteiger partial charge in [0.15, 0.2) is 10.9 Å². The van der Waals surface area contributed by atoms with Crippen LogP contribution in [0.15, 0.2) is 59.8 Å². The molecule has 0 saturated carbocycles. The summed E-state index contributed by atoms with van der Waals surface area (Å²) in [5, 5.41) is 12.9. The molecule has 2 aromatic carbocycles. The Balaban J connectivity index is 1.59. The number of aromatic nitrogens is 5. The highest BCUT2D eigenvalue weighted by molar-refractivity contribution is 7.98. The number of hydrogen-bond donors (Lipinski definition) is 1. The van der Waals surface area contributed by atoms with Gasteiger partial charge < -0.3 is 5.32 Å². The van der Waals surface area contributed by atoms with Crippen LogP contribution in [-0.4, -0.2) is 37.4 Å². The second-order valence-electron chi connectivity index (χ2n) is 7.64. The molecule has 0 saturated heterocycles.